The lowest BCUT2D eigenvalue weighted by Gasteiger charge is -2.06. The molecule has 0 bridgehead atoms. The average molecular weight is 325 g/mol. The Kier molecular flexibility index (Phi) is 3.96. The molecule has 0 radical (unpaired) electrons. The minimum absolute atomic E-state index is 0.148. The van der Waals surface area contributed by atoms with E-state index in [1.165, 1.54) is 13.4 Å². The smallest absolute Gasteiger partial charge is 0.337 e. The Morgan fingerprint density at radius 2 is 2.00 bits per heavy atom. The number of hydrogen-bond acceptors (Lipinski definition) is 5. The number of ether oxygens (including phenoxy) is 2. The Morgan fingerprint density at radius 1 is 1.32 bits per heavy atom. The number of aromatic nitrogens is 2. The predicted octanol–water partition coefficient (Wildman–Crippen LogP) is 2.11. The van der Waals surface area contributed by atoms with Gasteiger partial charge in [0.1, 0.15) is 10.2 Å². The molecule has 6 nitrogen and oxygen atoms in total. The molecule has 2 aromatic rings. The van der Waals surface area contributed by atoms with E-state index in [9.17, 15) is 9.59 Å². The lowest BCUT2D eigenvalue weighted by atomic mass is 10.2. The number of esters is 1. The van der Waals surface area contributed by atoms with Gasteiger partial charge in [0.15, 0.2) is 0 Å². The first-order valence-electron chi connectivity index (χ1n) is 5.21. The van der Waals surface area contributed by atoms with Crippen molar-refractivity contribution in [2.75, 3.05) is 7.11 Å². The van der Waals surface area contributed by atoms with Gasteiger partial charge in [0.2, 0.25) is 5.88 Å². The number of aromatic amines is 1. The molecule has 0 spiro atoms. The third-order valence-electron chi connectivity index (χ3n) is 2.25. The highest BCUT2D eigenvalue weighted by Crippen LogP contribution is 2.24. The summed E-state index contributed by atoms with van der Waals surface area (Å²) in [4.78, 5) is 28.9. The molecule has 0 saturated carbocycles. The first-order valence-corrected chi connectivity index (χ1v) is 6.00. The summed E-state index contributed by atoms with van der Waals surface area (Å²) in [6, 6.07) is 6.29. The van der Waals surface area contributed by atoms with Crippen molar-refractivity contribution in [3.05, 3.63) is 51.0 Å². The second kappa shape index (κ2) is 5.66. The van der Waals surface area contributed by atoms with Crippen LogP contribution < -0.4 is 10.3 Å². The summed E-state index contributed by atoms with van der Waals surface area (Å²) in [7, 11) is 1.31. The number of carbonyl (C=O) groups excluding carboxylic acids is 1. The Balaban J connectivity index is 2.22. The standard InChI is InChI=1S/C12H9BrN2O4/c1-18-12(17)7-2-4-8(5-3-7)19-11-9(13)10(16)14-6-15-11/h2-6H,1H3,(H,14,15,16). The zero-order valence-electron chi connectivity index (χ0n) is 9.84. The molecule has 0 aliphatic heterocycles. The molecule has 1 aromatic carbocycles. The van der Waals surface area contributed by atoms with E-state index in [-0.39, 0.29) is 15.9 Å². The van der Waals surface area contributed by atoms with Crippen LogP contribution in [0.1, 0.15) is 10.4 Å². The minimum atomic E-state index is -0.429. The average Bonchev–Trinajstić information content (AvgIpc) is 2.44. The summed E-state index contributed by atoms with van der Waals surface area (Å²) in [6.07, 6.45) is 1.24. The number of methoxy groups -OCH3 is 1. The number of benzene rings is 1. The number of hydrogen-bond donors (Lipinski definition) is 1. The van der Waals surface area contributed by atoms with Crippen molar-refractivity contribution in [2.24, 2.45) is 0 Å². The molecule has 0 fully saturated rings. The largest absolute Gasteiger partial charge is 0.465 e. The van der Waals surface area contributed by atoms with Crippen LogP contribution in [0, 0.1) is 0 Å². The minimum Gasteiger partial charge on any atom is -0.465 e. The molecule has 0 amide bonds. The van der Waals surface area contributed by atoms with E-state index >= 15 is 0 Å². The summed E-state index contributed by atoms with van der Waals surface area (Å²) in [6.45, 7) is 0. The maximum Gasteiger partial charge on any atom is 0.337 e. The van der Waals surface area contributed by atoms with E-state index in [1.807, 2.05) is 0 Å². The molecular weight excluding hydrogens is 316 g/mol. The highest BCUT2D eigenvalue weighted by atomic mass is 79.9. The predicted molar refractivity (Wildman–Crippen MR) is 70.4 cm³/mol. The lowest BCUT2D eigenvalue weighted by molar-refractivity contribution is 0.0600. The molecule has 0 atom stereocenters. The maximum atomic E-state index is 11.3. The first-order chi connectivity index (χ1) is 9.11. The Morgan fingerprint density at radius 3 is 2.63 bits per heavy atom. The fraction of sp³-hybridized carbons (Fsp3) is 0.0833. The van der Waals surface area contributed by atoms with Gasteiger partial charge >= 0.3 is 5.97 Å². The first kappa shape index (κ1) is 13.3. The summed E-state index contributed by atoms with van der Waals surface area (Å²) < 4.78 is 10.2. The van der Waals surface area contributed by atoms with Crippen LogP contribution in [-0.2, 0) is 4.74 Å². The van der Waals surface area contributed by atoms with Gasteiger partial charge in [-0.3, -0.25) is 4.79 Å². The van der Waals surface area contributed by atoms with Crippen LogP contribution in [0.15, 0.2) is 39.9 Å². The molecule has 1 heterocycles. The van der Waals surface area contributed by atoms with Gasteiger partial charge in [0, 0.05) is 0 Å². The second-order valence-electron chi connectivity index (χ2n) is 3.47. The normalized spacial score (nSPS) is 10.0. The van der Waals surface area contributed by atoms with E-state index in [4.69, 9.17) is 4.74 Å². The Hall–Kier alpha value is -2.15. The topological polar surface area (TPSA) is 81.3 Å². The van der Waals surface area contributed by atoms with E-state index < -0.39 is 5.97 Å². The van der Waals surface area contributed by atoms with Crippen molar-refractivity contribution in [3.8, 4) is 11.6 Å². The maximum absolute atomic E-state index is 11.3. The van der Waals surface area contributed by atoms with E-state index in [0.29, 0.717) is 11.3 Å². The zero-order chi connectivity index (χ0) is 13.8. The molecule has 1 N–H and O–H groups in total. The number of H-pyrrole nitrogens is 1. The highest BCUT2D eigenvalue weighted by Gasteiger charge is 2.09. The van der Waals surface area contributed by atoms with Gasteiger partial charge in [-0.1, -0.05) is 0 Å². The van der Waals surface area contributed by atoms with Crippen LogP contribution in [0.4, 0.5) is 0 Å². The molecule has 7 heteroatoms. The van der Waals surface area contributed by atoms with Crippen molar-refractivity contribution >= 4 is 21.9 Å². The van der Waals surface area contributed by atoms with Crippen LogP contribution in [0.3, 0.4) is 0 Å². The van der Waals surface area contributed by atoms with Crippen molar-refractivity contribution in [2.45, 2.75) is 0 Å². The molecule has 0 aliphatic rings. The summed E-state index contributed by atoms with van der Waals surface area (Å²) in [5.41, 5.74) is 0.0731. The monoisotopic (exact) mass is 324 g/mol. The third kappa shape index (κ3) is 3.00. The Labute approximate surface area is 116 Å². The number of rotatable bonds is 3. The quantitative estimate of drug-likeness (QED) is 0.874. The van der Waals surface area contributed by atoms with Gasteiger partial charge in [0.05, 0.1) is 19.0 Å². The van der Waals surface area contributed by atoms with Crippen LogP contribution >= 0.6 is 15.9 Å². The van der Waals surface area contributed by atoms with E-state index in [2.05, 4.69) is 30.6 Å². The number of nitrogens with zero attached hydrogens (tertiary/aromatic N) is 1. The van der Waals surface area contributed by atoms with Gasteiger partial charge in [0.25, 0.3) is 5.56 Å². The van der Waals surface area contributed by atoms with Crippen molar-refractivity contribution in [3.63, 3.8) is 0 Å². The lowest BCUT2D eigenvalue weighted by Crippen LogP contribution is -2.08. The van der Waals surface area contributed by atoms with Crippen molar-refractivity contribution < 1.29 is 14.3 Å². The number of nitrogens with one attached hydrogen (secondary N) is 1. The van der Waals surface area contributed by atoms with Gasteiger partial charge in [-0.2, -0.15) is 0 Å². The summed E-state index contributed by atoms with van der Waals surface area (Å²) in [5, 5.41) is 0. The summed E-state index contributed by atoms with van der Waals surface area (Å²) in [5.74, 6) is 0.169. The van der Waals surface area contributed by atoms with Crippen LogP contribution in [0.2, 0.25) is 0 Å². The van der Waals surface area contributed by atoms with Gasteiger partial charge in [-0.15, -0.1) is 0 Å². The fourth-order valence-corrected chi connectivity index (χ4v) is 1.62. The molecule has 0 saturated heterocycles. The molecule has 0 unspecified atom stereocenters. The highest BCUT2D eigenvalue weighted by molar-refractivity contribution is 9.10. The molecule has 19 heavy (non-hydrogen) atoms. The fourth-order valence-electron chi connectivity index (χ4n) is 1.33. The van der Waals surface area contributed by atoms with Crippen molar-refractivity contribution in [1.29, 1.82) is 0 Å². The Bertz CT molecular complexity index is 652. The van der Waals surface area contributed by atoms with Crippen molar-refractivity contribution in [1.82, 2.24) is 9.97 Å². The third-order valence-corrected chi connectivity index (χ3v) is 2.95. The van der Waals surface area contributed by atoms with Crippen LogP contribution in [0.5, 0.6) is 11.6 Å². The number of carbonyl (C=O) groups is 1. The molecular formula is C12H9BrN2O4. The molecule has 1 aromatic heterocycles. The van der Waals surface area contributed by atoms with E-state index in [0.717, 1.165) is 0 Å². The summed E-state index contributed by atoms with van der Waals surface area (Å²) >= 11 is 3.08. The zero-order valence-corrected chi connectivity index (χ0v) is 11.4. The second-order valence-corrected chi connectivity index (χ2v) is 4.26. The van der Waals surface area contributed by atoms with E-state index in [1.54, 1.807) is 24.3 Å². The van der Waals surface area contributed by atoms with Crippen LogP contribution in [-0.4, -0.2) is 23.0 Å². The van der Waals surface area contributed by atoms with Crippen LogP contribution in [0.25, 0.3) is 0 Å². The molecule has 2 rings (SSSR count). The molecule has 0 aliphatic carbocycles. The number of halogens is 1. The molecule has 98 valence electrons. The van der Waals surface area contributed by atoms with Gasteiger partial charge < -0.3 is 14.5 Å². The SMILES string of the molecule is COC(=O)c1ccc(Oc2nc[nH]c(=O)c2Br)cc1. The van der Waals surface area contributed by atoms with Gasteiger partial charge in [-0.05, 0) is 40.2 Å². The van der Waals surface area contributed by atoms with Gasteiger partial charge in [-0.25, -0.2) is 9.78 Å².